The van der Waals surface area contributed by atoms with Crippen LogP contribution < -0.4 is 15.0 Å². The zero-order valence-corrected chi connectivity index (χ0v) is 15.9. The number of hydrogen-bond donors (Lipinski definition) is 2. The van der Waals surface area contributed by atoms with Crippen LogP contribution in [0.3, 0.4) is 0 Å². The first-order chi connectivity index (χ1) is 13.5. The molecule has 0 saturated carbocycles. The zero-order chi connectivity index (χ0) is 20.1. The number of anilines is 1. The van der Waals surface area contributed by atoms with Gasteiger partial charge < -0.3 is 24.8 Å². The van der Waals surface area contributed by atoms with Crippen LogP contribution in [-0.4, -0.2) is 55.3 Å². The molecule has 0 bridgehead atoms. The molecule has 1 aromatic rings. The number of amides is 2. The lowest BCUT2D eigenvalue weighted by molar-refractivity contribution is -0.145. The standard InChI is InChI=1S/C20H26N2O6/c1-2-28-16-8-4-3-7-15(16)22-11-14(10-17(22)23)19(24)21-18(20(25)26)13-6-5-9-27-12-13/h3-4,7-8,13-14,18H,2,5-6,9-12H2,1H3,(H,21,24)(H,25,26). The summed E-state index contributed by atoms with van der Waals surface area (Å²) in [5.41, 5.74) is 0.625. The van der Waals surface area contributed by atoms with E-state index in [1.54, 1.807) is 12.1 Å². The number of carboxylic acids is 1. The van der Waals surface area contributed by atoms with Gasteiger partial charge in [0.05, 0.1) is 24.8 Å². The summed E-state index contributed by atoms with van der Waals surface area (Å²) in [4.78, 5) is 38.4. The van der Waals surface area contributed by atoms with Gasteiger partial charge in [-0.15, -0.1) is 0 Å². The molecule has 2 aliphatic rings. The highest BCUT2D eigenvalue weighted by Gasteiger charge is 2.39. The average molecular weight is 390 g/mol. The fraction of sp³-hybridized carbons (Fsp3) is 0.550. The van der Waals surface area contributed by atoms with Crippen molar-refractivity contribution in [3.8, 4) is 5.75 Å². The molecule has 0 radical (unpaired) electrons. The smallest absolute Gasteiger partial charge is 0.326 e. The van der Waals surface area contributed by atoms with Crippen LogP contribution in [0.25, 0.3) is 0 Å². The number of carboxylic acid groups (broad SMARTS) is 1. The number of hydrogen-bond acceptors (Lipinski definition) is 5. The molecule has 8 nitrogen and oxygen atoms in total. The van der Waals surface area contributed by atoms with Gasteiger partial charge in [-0.1, -0.05) is 12.1 Å². The molecule has 3 unspecified atom stereocenters. The summed E-state index contributed by atoms with van der Waals surface area (Å²) in [6.07, 6.45) is 1.50. The molecule has 0 aromatic heterocycles. The van der Waals surface area contributed by atoms with Crippen LogP contribution in [0.1, 0.15) is 26.2 Å². The van der Waals surface area contributed by atoms with Gasteiger partial charge in [-0.25, -0.2) is 4.79 Å². The Bertz CT molecular complexity index is 731. The van der Waals surface area contributed by atoms with Crippen LogP contribution in [0.5, 0.6) is 5.75 Å². The van der Waals surface area contributed by atoms with Crippen LogP contribution in [0.2, 0.25) is 0 Å². The van der Waals surface area contributed by atoms with Gasteiger partial charge in [0.2, 0.25) is 11.8 Å². The molecule has 0 spiro atoms. The molecule has 0 aliphatic carbocycles. The second kappa shape index (κ2) is 9.05. The molecule has 2 amide bonds. The highest BCUT2D eigenvalue weighted by Crippen LogP contribution is 2.33. The van der Waals surface area contributed by atoms with Crippen molar-refractivity contribution in [2.24, 2.45) is 11.8 Å². The molecule has 2 N–H and O–H groups in total. The Morgan fingerprint density at radius 2 is 2.18 bits per heavy atom. The minimum Gasteiger partial charge on any atom is -0.492 e. The molecule has 2 saturated heterocycles. The van der Waals surface area contributed by atoms with E-state index in [1.165, 1.54) is 4.90 Å². The van der Waals surface area contributed by atoms with E-state index in [1.807, 2.05) is 19.1 Å². The third kappa shape index (κ3) is 4.44. The Morgan fingerprint density at radius 1 is 1.39 bits per heavy atom. The highest BCUT2D eigenvalue weighted by atomic mass is 16.5. The number of aliphatic carboxylic acids is 1. The molecular weight excluding hydrogens is 364 g/mol. The van der Waals surface area contributed by atoms with Gasteiger partial charge in [0.1, 0.15) is 11.8 Å². The fourth-order valence-corrected chi connectivity index (χ4v) is 3.75. The predicted molar refractivity (Wildman–Crippen MR) is 101 cm³/mol. The van der Waals surface area contributed by atoms with Gasteiger partial charge in [0.25, 0.3) is 0 Å². The summed E-state index contributed by atoms with van der Waals surface area (Å²) in [6, 6.07) is 6.18. The number of carbonyl (C=O) groups excluding carboxylic acids is 2. The minimum absolute atomic E-state index is 0.0415. The topological polar surface area (TPSA) is 105 Å². The Morgan fingerprint density at radius 3 is 2.86 bits per heavy atom. The zero-order valence-electron chi connectivity index (χ0n) is 15.9. The first-order valence-corrected chi connectivity index (χ1v) is 9.64. The second-order valence-electron chi connectivity index (χ2n) is 7.11. The molecule has 2 aliphatic heterocycles. The SMILES string of the molecule is CCOc1ccccc1N1CC(C(=O)NC(C(=O)O)C2CCCOC2)CC1=O. The number of benzene rings is 1. The Kier molecular flexibility index (Phi) is 6.51. The van der Waals surface area contributed by atoms with Crippen LogP contribution in [0.15, 0.2) is 24.3 Å². The van der Waals surface area contributed by atoms with Gasteiger partial charge in [-0.05, 0) is 31.9 Å². The maximum Gasteiger partial charge on any atom is 0.326 e. The van der Waals surface area contributed by atoms with Crippen molar-refractivity contribution in [3.05, 3.63) is 24.3 Å². The van der Waals surface area contributed by atoms with Gasteiger partial charge in [-0.3, -0.25) is 9.59 Å². The molecule has 152 valence electrons. The number of ether oxygens (including phenoxy) is 2. The lowest BCUT2D eigenvalue weighted by atomic mass is 9.93. The number of nitrogens with one attached hydrogen (secondary N) is 1. The largest absolute Gasteiger partial charge is 0.492 e. The van der Waals surface area contributed by atoms with E-state index in [9.17, 15) is 19.5 Å². The maximum absolute atomic E-state index is 12.7. The van der Waals surface area contributed by atoms with Gasteiger partial charge in [0.15, 0.2) is 0 Å². The predicted octanol–water partition coefficient (Wildman–Crippen LogP) is 1.43. The van der Waals surface area contributed by atoms with Crippen molar-refractivity contribution in [2.45, 2.75) is 32.2 Å². The molecule has 2 fully saturated rings. The number of carbonyl (C=O) groups is 3. The Hall–Kier alpha value is -2.61. The van der Waals surface area contributed by atoms with Crippen LogP contribution in [0.4, 0.5) is 5.69 Å². The maximum atomic E-state index is 12.7. The van der Waals surface area contributed by atoms with Crippen molar-refractivity contribution >= 4 is 23.5 Å². The summed E-state index contributed by atoms with van der Waals surface area (Å²) in [7, 11) is 0. The van der Waals surface area contributed by atoms with Crippen molar-refractivity contribution in [1.82, 2.24) is 5.32 Å². The lowest BCUT2D eigenvalue weighted by Crippen LogP contribution is -2.50. The third-order valence-corrected chi connectivity index (χ3v) is 5.18. The van der Waals surface area contributed by atoms with E-state index < -0.39 is 23.8 Å². The van der Waals surface area contributed by atoms with Crippen molar-refractivity contribution in [2.75, 3.05) is 31.3 Å². The van der Waals surface area contributed by atoms with Gasteiger partial charge in [0, 0.05) is 25.5 Å². The highest BCUT2D eigenvalue weighted by molar-refractivity contribution is 6.01. The van der Waals surface area contributed by atoms with Crippen molar-refractivity contribution in [3.63, 3.8) is 0 Å². The van der Waals surface area contributed by atoms with E-state index in [-0.39, 0.29) is 24.8 Å². The fourth-order valence-electron chi connectivity index (χ4n) is 3.75. The number of para-hydroxylation sites is 2. The molecule has 3 rings (SSSR count). The van der Waals surface area contributed by atoms with Crippen LogP contribution in [0, 0.1) is 11.8 Å². The first-order valence-electron chi connectivity index (χ1n) is 9.64. The number of nitrogens with zero attached hydrogens (tertiary/aromatic N) is 1. The first kappa shape index (κ1) is 20.1. The molecular formula is C20H26N2O6. The summed E-state index contributed by atoms with van der Waals surface area (Å²) >= 11 is 0. The summed E-state index contributed by atoms with van der Waals surface area (Å²) in [5, 5.41) is 12.2. The van der Waals surface area contributed by atoms with Crippen LogP contribution in [-0.2, 0) is 19.1 Å². The normalized spacial score (nSPS) is 23.3. The van der Waals surface area contributed by atoms with Gasteiger partial charge >= 0.3 is 5.97 Å². The summed E-state index contributed by atoms with van der Waals surface area (Å²) in [5.74, 6) is -1.95. The van der Waals surface area contributed by atoms with E-state index in [2.05, 4.69) is 5.32 Å². The monoisotopic (exact) mass is 390 g/mol. The van der Waals surface area contributed by atoms with E-state index in [0.717, 1.165) is 6.42 Å². The van der Waals surface area contributed by atoms with Crippen LogP contribution >= 0.6 is 0 Å². The quantitative estimate of drug-likeness (QED) is 0.730. The van der Waals surface area contributed by atoms with Crippen molar-refractivity contribution in [1.29, 1.82) is 0 Å². The summed E-state index contributed by atoms with van der Waals surface area (Å²) in [6.45, 7) is 3.45. The Balaban J connectivity index is 1.68. The second-order valence-corrected chi connectivity index (χ2v) is 7.11. The average Bonchev–Trinajstić information content (AvgIpc) is 3.09. The van der Waals surface area contributed by atoms with E-state index >= 15 is 0 Å². The molecule has 8 heteroatoms. The minimum atomic E-state index is -1.08. The third-order valence-electron chi connectivity index (χ3n) is 5.18. The van der Waals surface area contributed by atoms with E-state index in [0.29, 0.717) is 37.7 Å². The lowest BCUT2D eigenvalue weighted by Gasteiger charge is -2.28. The summed E-state index contributed by atoms with van der Waals surface area (Å²) < 4.78 is 10.9. The number of rotatable bonds is 7. The molecule has 3 atom stereocenters. The Labute approximate surface area is 163 Å². The molecule has 1 aromatic carbocycles. The van der Waals surface area contributed by atoms with Gasteiger partial charge in [-0.2, -0.15) is 0 Å². The molecule has 28 heavy (non-hydrogen) atoms. The van der Waals surface area contributed by atoms with E-state index in [4.69, 9.17) is 9.47 Å². The van der Waals surface area contributed by atoms with Crippen molar-refractivity contribution < 1.29 is 29.0 Å². The molecule has 2 heterocycles.